The van der Waals surface area contributed by atoms with Gasteiger partial charge in [0.15, 0.2) is 0 Å². The molecule has 0 amide bonds. The quantitative estimate of drug-likeness (QED) is 0.893. The van der Waals surface area contributed by atoms with Gasteiger partial charge in [0.2, 0.25) is 0 Å². The molecular weight excluding hydrogens is 246 g/mol. The van der Waals surface area contributed by atoms with Crippen LogP contribution in [0.15, 0.2) is 18.2 Å². The van der Waals surface area contributed by atoms with E-state index < -0.39 is 0 Å². The van der Waals surface area contributed by atoms with Gasteiger partial charge in [-0.3, -0.25) is 0 Å². The van der Waals surface area contributed by atoms with E-state index in [-0.39, 0.29) is 0 Å². The maximum absolute atomic E-state index is 6.09. The molecule has 0 heterocycles. The second-order valence-corrected chi connectivity index (χ2v) is 6.37. The van der Waals surface area contributed by atoms with Gasteiger partial charge in [0.1, 0.15) is 5.75 Å². The maximum atomic E-state index is 6.09. The first kappa shape index (κ1) is 13.7. The van der Waals surface area contributed by atoms with E-state index in [0.29, 0.717) is 23.1 Å². The van der Waals surface area contributed by atoms with Crippen LogP contribution in [0.25, 0.3) is 0 Å². The highest BCUT2D eigenvalue weighted by Gasteiger charge is 2.28. The van der Waals surface area contributed by atoms with Gasteiger partial charge in [-0.2, -0.15) is 0 Å². The zero-order chi connectivity index (χ0) is 13.2. The SMILES string of the molecule is CC1(C)CCC(Oc2ccc(Cl)cc2CN)CC1. The van der Waals surface area contributed by atoms with Crippen LogP contribution < -0.4 is 10.5 Å². The summed E-state index contributed by atoms with van der Waals surface area (Å²) < 4.78 is 6.09. The van der Waals surface area contributed by atoms with Gasteiger partial charge in [-0.25, -0.2) is 0 Å². The fourth-order valence-electron chi connectivity index (χ4n) is 2.49. The predicted molar refractivity (Wildman–Crippen MR) is 76.0 cm³/mol. The summed E-state index contributed by atoms with van der Waals surface area (Å²) in [4.78, 5) is 0. The Hall–Kier alpha value is -0.730. The number of hydrogen-bond acceptors (Lipinski definition) is 2. The van der Waals surface area contributed by atoms with E-state index in [0.717, 1.165) is 24.2 Å². The Bertz CT molecular complexity index is 407. The number of rotatable bonds is 3. The largest absolute Gasteiger partial charge is 0.490 e. The van der Waals surface area contributed by atoms with Crippen molar-refractivity contribution in [2.45, 2.75) is 52.2 Å². The van der Waals surface area contributed by atoms with E-state index in [1.165, 1.54) is 12.8 Å². The van der Waals surface area contributed by atoms with Gasteiger partial charge in [-0.1, -0.05) is 25.4 Å². The third-order valence-corrected chi connectivity index (χ3v) is 4.06. The van der Waals surface area contributed by atoms with Gasteiger partial charge >= 0.3 is 0 Å². The molecule has 1 saturated carbocycles. The summed E-state index contributed by atoms with van der Waals surface area (Å²) in [5.41, 5.74) is 7.19. The first-order valence-electron chi connectivity index (χ1n) is 6.65. The predicted octanol–water partition coefficient (Wildman–Crippen LogP) is 4.15. The van der Waals surface area contributed by atoms with Crippen LogP contribution in [-0.4, -0.2) is 6.10 Å². The zero-order valence-corrected chi connectivity index (χ0v) is 12.0. The number of benzene rings is 1. The first-order chi connectivity index (χ1) is 8.50. The molecule has 1 aromatic rings. The van der Waals surface area contributed by atoms with Crippen molar-refractivity contribution in [2.24, 2.45) is 11.1 Å². The van der Waals surface area contributed by atoms with E-state index in [4.69, 9.17) is 22.1 Å². The summed E-state index contributed by atoms with van der Waals surface area (Å²) in [5, 5.41) is 0.715. The number of hydrogen-bond donors (Lipinski definition) is 1. The summed E-state index contributed by atoms with van der Waals surface area (Å²) in [6.45, 7) is 5.13. The highest BCUT2D eigenvalue weighted by atomic mass is 35.5. The van der Waals surface area contributed by atoms with Crippen LogP contribution in [0.3, 0.4) is 0 Å². The Balaban J connectivity index is 2.02. The van der Waals surface area contributed by atoms with E-state index >= 15 is 0 Å². The molecule has 0 atom stereocenters. The van der Waals surface area contributed by atoms with Crippen LogP contribution in [0.2, 0.25) is 5.02 Å². The summed E-state index contributed by atoms with van der Waals surface area (Å²) in [7, 11) is 0. The average Bonchev–Trinajstić information content (AvgIpc) is 2.34. The summed E-state index contributed by atoms with van der Waals surface area (Å²) >= 11 is 5.96. The van der Waals surface area contributed by atoms with Crippen LogP contribution in [0, 0.1) is 5.41 Å². The van der Waals surface area contributed by atoms with Gasteiger partial charge < -0.3 is 10.5 Å². The topological polar surface area (TPSA) is 35.2 Å². The van der Waals surface area contributed by atoms with Gasteiger partial charge in [-0.05, 0) is 49.3 Å². The van der Waals surface area contributed by atoms with Gasteiger partial charge in [0.05, 0.1) is 6.10 Å². The Morgan fingerprint density at radius 1 is 1.33 bits per heavy atom. The summed E-state index contributed by atoms with van der Waals surface area (Å²) in [6, 6.07) is 5.69. The first-order valence-corrected chi connectivity index (χ1v) is 7.03. The molecule has 3 heteroatoms. The molecule has 1 fully saturated rings. The molecule has 0 spiro atoms. The monoisotopic (exact) mass is 267 g/mol. The Morgan fingerprint density at radius 2 is 2.00 bits per heavy atom. The summed E-state index contributed by atoms with van der Waals surface area (Å²) in [6.07, 6.45) is 5.02. The molecule has 100 valence electrons. The molecule has 0 aliphatic heterocycles. The Kier molecular flexibility index (Phi) is 4.18. The molecule has 2 rings (SSSR count). The second-order valence-electron chi connectivity index (χ2n) is 5.94. The fraction of sp³-hybridized carbons (Fsp3) is 0.600. The van der Waals surface area contributed by atoms with Crippen molar-refractivity contribution < 1.29 is 4.74 Å². The minimum Gasteiger partial charge on any atom is -0.490 e. The molecule has 1 aromatic carbocycles. The van der Waals surface area contributed by atoms with Crippen molar-refractivity contribution in [2.75, 3.05) is 0 Å². The van der Waals surface area contributed by atoms with Crippen LogP contribution in [-0.2, 0) is 6.54 Å². The molecule has 0 unspecified atom stereocenters. The summed E-state index contributed by atoms with van der Waals surface area (Å²) in [5.74, 6) is 0.895. The number of ether oxygens (including phenoxy) is 1. The van der Waals surface area contributed by atoms with Crippen LogP contribution in [0.4, 0.5) is 0 Å². The van der Waals surface area contributed by atoms with Crippen LogP contribution in [0.1, 0.15) is 45.1 Å². The number of nitrogens with two attached hydrogens (primary N) is 1. The van der Waals surface area contributed by atoms with Crippen molar-refractivity contribution in [3.05, 3.63) is 28.8 Å². The van der Waals surface area contributed by atoms with Crippen molar-refractivity contribution in [1.29, 1.82) is 0 Å². The third kappa shape index (κ3) is 3.39. The number of halogens is 1. The van der Waals surface area contributed by atoms with E-state index in [2.05, 4.69) is 13.8 Å². The van der Waals surface area contributed by atoms with Crippen molar-refractivity contribution in [1.82, 2.24) is 0 Å². The van der Waals surface area contributed by atoms with Gasteiger partial charge in [0.25, 0.3) is 0 Å². The third-order valence-electron chi connectivity index (χ3n) is 3.82. The van der Waals surface area contributed by atoms with E-state index in [1.54, 1.807) is 0 Å². The standard InChI is InChI=1S/C15H22ClNO/c1-15(2)7-5-13(6-8-15)18-14-4-3-12(16)9-11(14)10-17/h3-4,9,13H,5-8,10,17H2,1-2H3. The lowest BCUT2D eigenvalue weighted by atomic mass is 9.76. The lowest BCUT2D eigenvalue weighted by Gasteiger charge is -2.34. The molecule has 2 N–H and O–H groups in total. The zero-order valence-electron chi connectivity index (χ0n) is 11.2. The molecular formula is C15H22ClNO. The van der Waals surface area contributed by atoms with Crippen LogP contribution >= 0.6 is 11.6 Å². The molecule has 0 aromatic heterocycles. The Morgan fingerprint density at radius 3 is 2.61 bits per heavy atom. The molecule has 0 radical (unpaired) electrons. The van der Waals surface area contributed by atoms with Gasteiger partial charge in [-0.15, -0.1) is 0 Å². The van der Waals surface area contributed by atoms with Crippen molar-refractivity contribution >= 4 is 11.6 Å². The normalized spacial score (nSPS) is 19.8. The molecule has 2 nitrogen and oxygen atoms in total. The minimum absolute atomic E-state index is 0.324. The lowest BCUT2D eigenvalue weighted by molar-refractivity contribution is 0.0979. The highest BCUT2D eigenvalue weighted by Crippen LogP contribution is 2.37. The molecule has 1 aliphatic rings. The average molecular weight is 268 g/mol. The van der Waals surface area contributed by atoms with Crippen molar-refractivity contribution in [3.63, 3.8) is 0 Å². The van der Waals surface area contributed by atoms with Crippen LogP contribution in [0.5, 0.6) is 5.75 Å². The lowest BCUT2D eigenvalue weighted by Crippen LogP contribution is -2.28. The molecule has 18 heavy (non-hydrogen) atoms. The minimum atomic E-state index is 0.324. The van der Waals surface area contributed by atoms with E-state index in [1.807, 2.05) is 18.2 Å². The van der Waals surface area contributed by atoms with Gasteiger partial charge in [0, 0.05) is 17.1 Å². The highest BCUT2D eigenvalue weighted by molar-refractivity contribution is 6.30. The van der Waals surface area contributed by atoms with E-state index in [9.17, 15) is 0 Å². The van der Waals surface area contributed by atoms with Crippen molar-refractivity contribution in [3.8, 4) is 5.75 Å². The molecule has 0 saturated heterocycles. The maximum Gasteiger partial charge on any atom is 0.124 e. The second kappa shape index (κ2) is 5.50. The Labute approximate surface area is 114 Å². The fourth-order valence-corrected chi connectivity index (χ4v) is 2.69. The smallest absolute Gasteiger partial charge is 0.124 e. The molecule has 1 aliphatic carbocycles. The molecule has 0 bridgehead atoms.